The molecule has 0 aromatic rings. The number of rotatable bonds is 3. The SMILES string of the molecule is COC(=O)C(/C=C(\Cl)C=N)=C(\C)O. The van der Waals surface area contributed by atoms with Crippen LogP contribution in [0.15, 0.2) is 22.4 Å². The zero-order valence-corrected chi connectivity index (χ0v) is 8.05. The van der Waals surface area contributed by atoms with Gasteiger partial charge in [0, 0.05) is 6.21 Å². The fourth-order valence-electron chi connectivity index (χ4n) is 0.601. The van der Waals surface area contributed by atoms with E-state index in [-0.39, 0.29) is 16.4 Å². The molecule has 0 heterocycles. The zero-order chi connectivity index (χ0) is 10.4. The second-order valence-electron chi connectivity index (χ2n) is 2.16. The van der Waals surface area contributed by atoms with Crippen LogP contribution in [0.25, 0.3) is 0 Å². The first-order valence-corrected chi connectivity index (χ1v) is 3.76. The first kappa shape index (κ1) is 11.7. The number of carbonyl (C=O) groups is 1. The van der Waals surface area contributed by atoms with Gasteiger partial charge in [0.15, 0.2) is 0 Å². The van der Waals surface area contributed by atoms with Gasteiger partial charge in [-0.3, -0.25) is 0 Å². The molecular weight excluding hydrogens is 194 g/mol. The average Bonchev–Trinajstić information content (AvgIpc) is 2.11. The summed E-state index contributed by atoms with van der Waals surface area (Å²) in [6.45, 7) is 1.33. The summed E-state index contributed by atoms with van der Waals surface area (Å²) in [5.41, 5.74) is -0.0593. The van der Waals surface area contributed by atoms with Crippen molar-refractivity contribution in [1.82, 2.24) is 0 Å². The maximum absolute atomic E-state index is 11.0. The van der Waals surface area contributed by atoms with Crippen molar-refractivity contribution in [2.24, 2.45) is 0 Å². The predicted molar refractivity (Wildman–Crippen MR) is 50.1 cm³/mol. The van der Waals surface area contributed by atoms with Gasteiger partial charge in [-0.2, -0.15) is 0 Å². The quantitative estimate of drug-likeness (QED) is 0.241. The minimum absolute atomic E-state index is 0.0359. The van der Waals surface area contributed by atoms with Crippen molar-refractivity contribution >= 4 is 23.8 Å². The molecule has 0 radical (unpaired) electrons. The maximum atomic E-state index is 11.0. The molecule has 72 valence electrons. The zero-order valence-electron chi connectivity index (χ0n) is 7.30. The van der Waals surface area contributed by atoms with E-state index in [1.54, 1.807) is 0 Å². The van der Waals surface area contributed by atoms with Crippen molar-refractivity contribution in [3.63, 3.8) is 0 Å². The molecule has 0 aliphatic heterocycles. The Morgan fingerprint density at radius 2 is 2.15 bits per heavy atom. The number of hydrogen-bond acceptors (Lipinski definition) is 4. The standard InChI is InChI=1S/C8H10ClNO3/c1-5(11)7(8(12)13-2)3-6(9)4-10/h3-4,10-11H,1-2H3/b6-3-,7-5+,10-4?. The molecule has 0 aromatic heterocycles. The van der Waals surface area contributed by atoms with Crippen LogP contribution in [0, 0.1) is 5.41 Å². The predicted octanol–water partition coefficient (Wildman–Crippen LogP) is 1.76. The molecule has 0 saturated heterocycles. The molecule has 0 aromatic carbocycles. The maximum Gasteiger partial charge on any atom is 0.341 e. The molecule has 0 atom stereocenters. The van der Waals surface area contributed by atoms with Crippen LogP contribution >= 0.6 is 11.6 Å². The number of esters is 1. The van der Waals surface area contributed by atoms with E-state index in [1.807, 2.05) is 0 Å². The summed E-state index contributed by atoms with van der Waals surface area (Å²) in [5.74, 6) is -0.896. The minimum Gasteiger partial charge on any atom is -0.512 e. The molecule has 0 unspecified atom stereocenters. The van der Waals surface area contributed by atoms with E-state index in [2.05, 4.69) is 4.74 Å². The van der Waals surface area contributed by atoms with Crippen LogP contribution in [0.1, 0.15) is 6.92 Å². The lowest BCUT2D eigenvalue weighted by Crippen LogP contribution is -2.05. The smallest absolute Gasteiger partial charge is 0.341 e. The molecule has 0 saturated carbocycles. The van der Waals surface area contributed by atoms with E-state index in [0.717, 1.165) is 12.3 Å². The number of allylic oxidation sites excluding steroid dienone is 2. The number of ether oxygens (including phenoxy) is 1. The first-order valence-electron chi connectivity index (χ1n) is 3.38. The Hall–Kier alpha value is -1.29. The lowest BCUT2D eigenvalue weighted by molar-refractivity contribution is -0.135. The lowest BCUT2D eigenvalue weighted by atomic mass is 10.2. The van der Waals surface area contributed by atoms with Crippen LogP contribution in [-0.4, -0.2) is 24.4 Å². The summed E-state index contributed by atoms with van der Waals surface area (Å²) in [6.07, 6.45) is 2.02. The van der Waals surface area contributed by atoms with Gasteiger partial charge in [0.2, 0.25) is 0 Å². The van der Waals surface area contributed by atoms with Crippen LogP contribution in [0.3, 0.4) is 0 Å². The van der Waals surface area contributed by atoms with E-state index in [1.165, 1.54) is 14.0 Å². The number of aliphatic hydroxyl groups excluding tert-OH is 1. The summed E-state index contributed by atoms with van der Waals surface area (Å²) in [7, 11) is 1.19. The molecule has 5 heteroatoms. The fourth-order valence-corrected chi connectivity index (χ4v) is 0.710. The van der Waals surface area contributed by atoms with Gasteiger partial charge in [-0.05, 0) is 13.0 Å². The highest BCUT2D eigenvalue weighted by molar-refractivity contribution is 6.39. The molecule has 4 nitrogen and oxygen atoms in total. The lowest BCUT2D eigenvalue weighted by Gasteiger charge is -2.00. The molecular formula is C8H10ClNO3. The van der Waals surface area contributed by atoms with Crippen molar-refractivity contribution in [2.75, 3.05) is 7.11 Å². The molecule has 0 aliphatic rings. The molecule has 0 fully saturated rings. The molecule has 0 aliphatic carbocycles. The van der Waals surface area contributed by atoms with Gasteiger partial charge in [-0.1, -0.05) is 11.6 Å². The third-order valence-corrected chi connectivity index (χ3v) is 1.43. The summed E-state index contributed by atoms with van der Waals surface area (Å²) in [5, 5.41) is 15.9. The Morgan fingerprint density at radius 1 is 1.62 bits per heavy atom. The Bertz CT molecular complexity index is 277. The van der Waals surface area contributed by atoms with Crippen molar-refractivity contribution in [1.29, 1.82) is 5.41 Å². The Morgan fingerprint density at radius 3 is 2.46 bits per heavy atom. The van der Waals surface area contributed by atoms with Crippen molar-refractivity contribution in [3.8, 4) is 0 Å². The van der Waals surface area contributed by atoms with Crippen LogP contribution in [0.4, 0.5) is 0 Å². The molecule has 13 heavy (non-hydrogen) atoms. The van der Waals surface area contributed by atoms with Gasteiger partial charge in [0.25, 0.3) is 0 Å². The van der Waals surface area contributed by atoms with Crippen molar-refractivity contribution in [3.05, 3.63) is 22.4 Å². The molecule has 0 rings (SSSR count). The fraction of sp³-hybridized carbons (Fsp3) is 0.250. The van der Waals surface area contributed by atoms with E-state index in [9.17, 15) is 4.79 Å². The highest BCUT2D eigenvalue weighted by Gasteiger charge is 2.10. The van der Waals surface area contributed by atoms with Gasteiger partial charge >= 0.3 is 5.97 Å². The van der Waals surface area contributed by atoms with Crippen LogP contribution in [0.5, 0.6) is 0 Å². The average molecular weight is 204 g/mol. The van der Waals surface area contributed by atoms with Crippen molar-refractivity contribution in [2.45, 2.75) is 6.92 Å². The number of aliphatic hydroxyl groups is 1. The summed E-state index contributed by atoms with van der Waals surface area (Å²) in [6, 6.07) is 0. The molecule has 0 amide bonds. The number of methoxy groups -OCH3 is 1. The summed E-state index contributed by atoms with van der Waals surface area (Å²) < 4.78 is 4.38. The number of nitrogens with one attached hydrogen (secondary N) is 1. The van der Waals surface area contributed by atoms with Gasteiger partial charge in [0.05, 0.1) is 17.7 Å². The van der Waals surface area contributed by atoms with Gasteiger partial charge in [0.1, 0.15) is 5.76 Å². The summed E-state index contributed by atoms with van der Waals surface area (Å²) >= 11 is 5.47. The van der Waals surface area contributed by atoms with Gasteiger partial charge < -0.3 is 15.3 Å². The second kappa shape index (κ2) is 5.37. The first-order chi connectivity index (χ1) is 6.02. The Kier molecular flexibility index (Phi) is 4.84. The van der Waals surface area contributed by atoms with E-state index < -0.39 is 5.97 Å². The normalized spacial score (nSPS) is 13.3. The summed E-state index contributed by atoms with van der Waals surface area (Å²) in [4.78, 5) is 11.0. The highest BCUT2D eigenvalue weighted by Crippen LogP contribution is 2.10. The number of hydrogen-bond donors (Lipinski definition) is 2. The second-order valence-corrected chi connectivity index (χ2v) is 2.60. The van der Waals surface area contributed by atoms with E-state index in [4.69, 9.17) is 22.1 Å². The molecule has 2 N–H and O–H groups in total. The minimum atomic E-state index is -0.694. The monoisotopic (exact) mass is 203 g/mol. The largest absolute Gasteiger partial charge is 0.512 e. The van der Waals surface area contributed by atoms with E-state index >= 15 is 0 Å². The number of halogens is 1. The number of carbonyl (C=O) groups excluding carboxylic acids is 1. The third-order valence-electron chi connectivity index (χ3n) is 1.22. The van der Waals surface area contributed by atoms with Crippen LogP contribution in [0.2, 0.25) is 0 Å². The van der Waals surface area contributed by atoms with Crippen LogP contribution < -0.4 is 0 Å². The third kappa shape index (κ3) is 3.75. The molecule has 0 spiro atoms. The Labute approximate surface area is 81.0 Å². The van der Waals surface area contributed by atoms with Gasteiger partial charge in [-0.25, -0.2) is 4.79 Å². The Balaban J connectivity index is 4.98. The van der Waals surface area contributed by atoms with E-state index in [0.29, 0.717) is 0 Å². The highest BCUT2D eigenvalue weighted by atomic mass is 35.5. The van der Waals surface area contributed by atoms with Crippen molar-refractivity contribution < 1.29 is 14.6 Å². The van der Waals surface area contributed by atoms with Gasteiger partial charge in [-0.15, -0.1) is 0 Å². The topological polar surface area (TPSA) is 70.4 Å². The molecule has 0 bridgehead atoms. The van der Waals surface area contributed by atoms with Crippen LogP contribution in [-0.2, 0) is 9.53 Å².